The highest BCUT2D eigenvalue weighted by Gasteiger charge is 2.16. The molecule has 4 nitrogen and oxygen atoms in total. The van der Waals surface area contributed by atoms with Gasteiger partial charge in [0, 0.05) is 29.2 Å². The molecule has 0 saturated heterocycles. The maximum absolute atomic E-state index is 12.1. The van der Waals surface area contributed by atoms with Crippen LogP contribution in [0.2, 0.25) is 5.02 Å². The van der Waals surface area contributed by atoms with Crippen LogP contribution in [0.5, 0.6) is 0 Å². The van der Waals surface area contributed by atoms with Crippen molar-refractivity contribution in [2.24, 2.45) is 0 Å². The number of hydrogen-bond donors (Lipinski definition) is 1. The van der Waals surface area contributed by atoms with Gasteiger partial charge in [0.1, 0.15) is 5.58 Å². The Morgan fingerprint density at radius 1 is 1.03 bits per heavy atom. The Bertz CT molecular complexity index is 1130. The molecule has 0 aliphatic heterocycles. The number of aromatic nitrogens is 1. The van der Waals surface area contributed by atoms with Crippen molar-refractivity contribution in [3.8, 4) is 0 Å². The highest BCUT2D eigenvalue weighted by atomic mass is 35.5. The third-order valence-electron chi connectivity index (χ3n) is 4.99. The summed E-state index contributed by atoms with van der Waals surface area (Å²) in [4.78, 5) is 16.7. The van der Waals surface area contributed by atoms with Crippen molar-refractivity contribution >= 4 is 22.6 Å². The van der Waals surface area contributed by atoms with E-state index in [-0.39, 0.29) is 11.7 Å². The van der Waals surface area contributed by atoms with Crippen molar-refractivity contribution in [3.05, 3.63) is 111 Å². The minimum absolute atomic E-state index is 0.106. The van der Waals surface area contributed by atoms with E-state index in [9.17, 15) is 4.79 Å². The Labute approximate surface area is 174 Å². The van der Waals surface area contributed by atoms with Gasteiger partial charge in [0.05, 0.1) is 11.7 Å². The molecule has 0 bridgehead atoms. The molecule has 0 spiro atoms. The fourth-order valence-electron chi connectivity index (χ4n) is 3.50. The van der Waals surface area contributed by atoms with Gasteiger partial charge in [-0.05, 0) is 47.4 Å². The van der Waals surface area contributed by atoms with Crippen LogP contribution in [0.15, 0.2) is 82.1 Å². The second kappa shape index (κ2) is 8.60. The van der Waals surface area contributed by atoms with Crippen LogP contribution in [0.4, 0.5) is 0 Å². The van der Waals surface area contributed by atoms with Crippen molar-refractivity contribution in [2.45, 2.75) is 25.9 Å². The lowest BCUT2D eigenvalue weighted by Crippen LogP contribution is -2.23. The number of nitrogens with one attached hydrogen (secondary N) is 1. The topological polar surface area (TPSA) is 55.1 Å². The molecule has 4 aromatic rings. The molecule has 2 aromatic heterocycles. The van der Waals surface area contributed by atoms with E-state index in [1.54, 1.807) is 6.20 Å². The quantitative estimate of drug-likeness (QED) is 0.444. The van der Waals surface area contributed by atoms with Crippen LogP contribution in [0, 0.1) is 0 Å². The first kappa shape index (κ1) is 19.4. The number of nitrogens with zero attached hydrogens (tertiary/aromatic N) is 1. The van der Waals surface area contributed by atoms with E-state index >= 15 is 0 Å². The zero-order valence-corrected chi connectivity index (χ0v) is 16.8. The highest BCUT2D eigenvalue weighted by Crippen LogP contribution is 2.27. The molecule has 0 aliphatic carbocycles. The number of halogens is 1. The number of fused-ring (bicyclic) bond motifs is 1. The monoisotopic (exact) mass is 404 g/mol. The average molecular weight is 405 g/mol. The molecule has 0 saturated carbocycles. The van der Waals surface area contributed by atoms with Crippen molar-refractivity contribution < 1.29 is 4.42 Å². The minimum Gasteiger partial charge on any atom is -0.423 e. The predicted molar refractivity (Wildman–Crippen MR) is 116 cm³/mol. The van der Waals surface area contributed by atoms with Gasteiger partial charge in [0.2, 0.25) is 0 Å². The predicted octanol–water partition coefficient (Wildman–Crippen LogP) is 5.28. The number of aryl methyl sites for hydroxylation is 1. The van der Waals surface area contributed by atoms with Crippen molar-refractivity contribution in [3.63, 3.8) is 0 Å². The SMILES string of the molecule is CCc1cc2oc(=O)cc(CNC(c3ccccc3)c3ccccn3)c2cc1Cl. The number of benzene rings is 2. The summed E-state index contributed by atoms with van der Waals surface area (Å²) in [6.07, 6.45) is 2.56. The maximum atomic E-state index is 12.1. The largest absolute Gasteiger partial charge is 0.423 e. The van der Waals surface area contributed by atoms with E-state index in [2.05, 4.69) is 22.4 Å². The Kier molecular flexibility index (Phi) is 5.74. The molecule has 0 amide bonds. The third kappa shape index (κ3) is 4.24. The molecule has 0 fully saturated rings. The smallest absolute Gasteiger partial charge is 0.336 e. The summed E-state index contributed by atoms with van der Waals surface area (Å²) < 4.78 is 5.42. The molecular weight excluding hydrogens is 384 g/mol. The lowest BCUT2D eigenvalue weighted by molar-refractivity contribution is 0.551. The molecule has 0 aliphatic rings. The fourth-order valence-corrected chi connectivity index (χ4v) is 3.80. The van der Waals surface area contributed by atoms with Gasteiger partial charge >= 0.3 is 5.63 Å². The molecule has 2 aromatic carbocycles. The summed E-state index contributed by atoms with van der Waals surface area (Å²) in [5.41, 5.74) is 4.01. The normalized spacial score (nSPS) is 12.2. The zero-order chi connectivity index (χ0) is 20.2. The molecule has 0 radical (unpaired) electrons. The van der Waals surface area contributed by atoms with Gasteiger partial charge in [-0.1, -0.05) is 54.9 Å². The lowest BCUT2D eigenvalue weighted by Gasteiger charge is -2.19. The van der Waals surface area contributed by atoms with Gasteiger partial charge in [-0.3, -0.25) is 4.98 Å². The van der Waals surface area contributed by atoms with Crippen LogP contribution in [0.1, 0.15) is 35.3 Å². The molecule has 146 valence electrons. The summed E-state index contributed by atoms with van der Waals surface area (Å²) in [6.45, 7) is 2.49. The van der Waals surface area contributed by atoms with Gasteiger partial charge in [0.15, 0.2) is 0 Å². The van der Waals surface area contributed by atoms with Gasteiger partial charge in [-0.15, -0.1) is 0 Å². The first-order chi connectivity index (χ1) is 14.2. The molecule has 29 heavy (non-hydrogen) atoms. The van der Waals surface area contributed by atoms with Crippen LogP contribution in [0.25, 0.3) is 11.0 Å². The average Bonchev–Trinajstić information content (AvgIpc) is 2.75. The van der Waals surface area contributed by atoms with Crippen LogP contribution in [-0.4, -0.2) is 4.98 Å². The summed E-state index contributed by atoms with van der Waals surface area (Å²) in [6, 6.07) is 21.1. The molecule has 2 heterocycles. The van der Waals surface area contributed by atoms with E-state index in [1.807, 2.05) is 55.5 Å². The Morgan fingerprint density at radius 2 is 1.83 bits per heavy atom. The number of pyridine rings is 1. The lowest BCUT2D eigenvalue weighted by atomic mass is 10.0. The van der Waals surface area contributed by atoms with Gasteiger partial charge in [-0.25, -0.2) is 4.79 Å². The standard InChI is InChI=1S/C24H21ClN2O2/c1-2-16-12-22-19(14-20(16)25)18(13-23(28)29-22)15-27-24(17-8-4-3-5-9-17)21-10-6-7-11-26-21/h3-14,24,27H,2,15H2,1H3. The second-order valence-electron chi connectivity index (χ2n) is 6.86. The Balaban J connectivity index is 1.72. The Hall–Kier alpha value is -2.95. The van der Waals surface area contributed by atoms with Crippen LogP contribution < -0.4 is 10.9 Å². The molecule has 1 unspecified atom stereocenters. The van der Waals surface area contributed by atoms with Crippen molar-refractivity contribution in [1.29, 1.82) is 0 Å². The zero-order valence-electron chi connectivity index (χ0n) is 16.1. The first-order valence-electron chi connectivity index (χ1n) is 9.60. The van der Waals surface area contributed by atoms with Gasteiger partial charge in [-0.2, -0.15) is 0 Å². The van der Waals surface area contributed by atoms with Gasteiger partial charge in [0.25, 0.3) is 0 Å². The molecule has 1 N–H and O–H groups in total. The van der Waals surface area contributed by atoms with Crippen LogP contribution >= 0.6 is 11.6 Å². The van der Waals surface area contributed by atoms with E-state index in [4.69, 9.17) is 16.0 Å². The summed E-state index contributed by atoms with van der Waals surface area (Å²) >= 11 is 6.42. The minimum atomic E-state index is -0.368. The summed E-state index contributed by atoms with van der Waals surface area (Å²) in [5.74, 6) is 0. The highest BCUT2D eigenvalue weighted by molar-refractivity contribution is 6.32. The summed E-state index contributed by atoms with van der Waals surface area (Å²) in [7, 11) is 0. The second-order valence-corrected chi connectivity index (χ2v) is 7.27. The molecule has 4 rings (SSSR count). The first-order valence-corrected chi connectivity index (χ1v) is 9.98. The Morgan fingerprint density at radius 3 is 2.55 bits per heavy atom. The van der Waals surface area contributed by atoms with Crippen LogP contribution in [0.3, 0.4) is 0 Å². The number of hydrogen-bond acceptors (Lipinski definition) is 4. The van der Waals surface area contributed by atoms with E-state index in [0.29, 0.717) is 17.2 Å². The molecule has 1 atom stereocenters. The maximum Gasteiger partial charge on any atom is 0.336 e. The van der Waals surface area contributed by atoms with E-state index in [0.717, 1.165) is 34.2 Å². The van der Waals surface area contributed by atoms with Crippen molar-refractivity contribution in [1.82, 2.24) is 10.3 Å². The van der Waals surface area contributed by atoms with E-state index < -0.39 is 0 Å². The molecule has 5 heteroatoms. The van der Waals surface area contributed by atoms with Crippen LogP contribution in [-0.2, 0) is 13.0 Å². The number of rotatable bonds is 6. The fraction of sp³-hybridized carbons (Fsp3) is 0.167. The third-order valence-corrected chi connectivity index (χ3v) is 5.34. The molecular formula is C24H21ClN2O2. The summed E-state index contributed by atoms with van der Waals surface area (Å²) in [5, 5.41) is 5.07. The van der Waals surface area contributed by atoms with Crippen molar-refractivity contribution in [2.75, 3.05) is 0 Å². The van der Waals surface area contributed by atoms with Gasteiger partial charge < -0.3 is 9.73 Å². The van der Waals surface area contributed by atoms with E-state index in [1.165, 1.54) is 6.07 Å².